The number of aromatic nitrogens is 2. The van der Waals surface area contributed by atoms with Gasteiger partial charge in [0, 0.05) is 29.9 Å². The van der Waals surface area contributed by atoms with Crippen molar-refractivity contribution in [1.82, 2.24) is 9.97 Å². The molecule has 0 saturated carbocycles. The average molecular weight is 393 g/mol. The molecule has 5 nitrogen and oxygen atoms in total. The summed E-state index contributed by atoms with van der Waals surface area (Å²) in [6.45, 7) is 5.36. The predicted octanol–water partition coefficient (Wildman–Crippen LogP) is 4.56. The van der Waals surface area contributed by atoms with Crippen molar-refractivity contribution in [1.29, 1.82) is 0 Å². The second kappa shape index (κ2) is 7.60. The zero-order valence-electron chi connectivity index (χ0n) is 15.9. The van der Waals surface area contributed by atoms with Gasteiger partial charge in [-0.15, -0.1) is 0 Å². The molecule has 28 heavy (non-hydrogen) atoms. The van der Waals surface area contributed by atoms with E-state index in [0.29, 0.717) is 16.5 Å². The van der Waals surface area contributed by atoms with E-state index in [1.165, 1.54) is 11.1 Å². The van der Waals surface area contributed by atoms with Crippen molar-refractivity contribution >= 4 is 29.0 Å². The first-order chi connectivity index (χ1) is 13.5. The van der Waals surface area contributed by atoms with Gasteiger partial charge in [-0.3, -0.25) is 4.79 Å². The summed E-state index contributed by atoms with van der Waals surface area (Å²) in [5.41, 5.74) is 4.66. The molecule has 2 heterocycles. The topological polar surface area (TPSA) is 58.1 Å². The molecular formula is C22H21ClN4O. The minimum Gasteiger partial charge on any atom is -0.352 e. The summed E-state index contributed by atoms with van der Waals surface area (Å²) < 4.78 is 0. The van der Waals surface area contributed by atoms with Crippen LogP contribution in [-0.4, -0.2) is 22.4 Å². The zero-order chi connectivity index (χ0) is 19.7. The van der Waals surface area contributed by atoms with Crippen molar-refractivity contribution in [3.05, 3.63) is 81.8 Å². The van der Waals surface area contributed by atoms with Gasteiger partial charge in [-0.25, -0.2) is 9.97 Å². The summed E-state index contributed by atoms with van der Waals surface area (Å²) in [7, 11) is 0. The monoisotopic (exact) mass is 392 g/mol. The maximum atomic E-state index is 12.8. The maximum absolute atomic E-state index is 12.8. The van der Waals surface area contributed by atoms with Crippen LogP contribution in [0.4, 0.5) is 11.5 Å². The number of hydrogen-bond acceptors (Lipinski definition) is 4. The number of carbonyl (C=O) groups excluding carboxylic acids is 1. The Labute approximate surface area is 169 Å². The van der Waals surface area contributed by atoms with Crippen molar-refractivity contribution in [3.8, 4) is 0 Å². The fourth-order valence-electron chi connectivity index (χ4n) is 3.48. The standard InChI is InChI=1S/C22H21ClN4O/c1-14-11-18(23)7-8-19(14)26-22(28)20-12-21(25-15(2)24-20)27-10-9-16-5-3-4-6-17(16)13-27/h3-8,11-12H,9-10,13H2,1-2H3,(H,26,28). The van der Waals surface area contributed by atoms with E-state index in [-0.39, 0.29) is 5.91 Å². The predicted molar refractivity (Wildman–Crippen MR) is 112 cm³/mol. The third-order valence-corrected chi connectivity index (χ3v) is 5.18. The SMILES string of the molecule is Cc1nc(C(=O)Nc2ccc(Cl)cc2C)cc(N2CCc3ccccc3C2)n1. The van der Waals surface area contributed by atoms with Gasteiger partial charge in [-0.05, 0) is 55.2 Å². The molecule has 3 aromatic rings. The molecule has 0 spiro atoms. The average Bonchev–Trinajstić information content (AvgIpc) is 2.69. The largest absolute Gasteiger partial charge is 0.352 e. The van der Waals surface area contributed by atoms with Crippen molar-refractivity contribution in [2.75, 3.05) is 16.8 Å². The van der Waals surface area contributed by atoms with Gasteiger partial charge in [0.15, 0.2) is 0 Å². The third kappa shape index (κ3) is 3.85. The minimum absolute atomic E-state index is 0.255. The lowest BCUT2D eigenvalue weighted by Gasteiger charge is -2.30. The molecule has 1 aromatic heterocycles. The second-order valence-corrected chi connectivity index (χ2v) is 7.45. The van der Waals surface area contributed by atoms with Gasteiger partial charge in [0.2, 0.25) is 0 Å². The van der Waals surface area contributed by atoms with E-state index in [1.54, 1.807) is 18.2 Å². The van der Waals surface area contributed by atoms with Gasteiger partial charge in [0.1, 0.15) is 17.3 Å². The van der Waals surface area contributed by atoms with Gasteiger partial charge < -0.3 is 10.2 Å². The van der Waals surface area contributed by atoms with Crippen molar-refractivity contribution < 1.29 is 4.79 Å². The maximum Gasteiger partial charge on any atom is 0.274 e. The molecule has 2 aromatic carbocycles. The molecule has 1 aliphatic heterocycles. The van der Waals surface area contributed by atoms with E-state index in [2.05, 4.69) is 44.5 Å². The lowest BCUT2D eigenvalue weighted by Crippen LogP contribution is -2.31. The highest BCUT2D eigenvalue weighted by Gasteiger charge is 2.20. The first-order valence-electron chi connectivity index (χ1n) is 9.24. The van der Waals surface area contributed by atoms with Crippen LogP contribution >= 0.6 is 11.6 Å². The Hall–Kier alpha value is -2.92. The van der Waals surface area contributed by atoms with Gasteiger partial charge in [0.05, 0.1) is 0 Å². The molecule has 0 saturated heterocycles. The second-order valence-electron chi connectivity index (χ2n) is 7.01. The number of carbonyl (C=O) groups is 1. The minimum atomic E-state index is -0.255. The number of anilines is 2. The van der Waals surface area contributed by atoms with Gasteiger partial charge >= 0.3 is 0 Å². The number of aryl methyl sites for hydroxylation is 2. The first-order valence-corrected chi connectivity index (χ1v) is 9.62. The number of hydrogen-bond donors (Lipinski definition) is 1. The van der Waals surface area contributed by atoms with Crippen molar-refractivity contribution in [2.45, 2.75) is 26.8 Å². The van der Waals surface area contributed by atoms with Crippen LogP contribution in [0.3, 0.4) is 0 Å². The summed E-state index contributed by atoms with van der Waals surface area (Å²) in [4.78, 5) is 23.9. The van der Waals surface area contributed by atoms with Crippen LogP contribution in [0, 0.1) is 13.8 Å². The fourth-order valence-corrected chi connectivity index (χ4v) is 3.70. The molecule has 0 fully saturated rings. The molecule has 0 bridgehead atoms. The molecule has 0 unspecified atom stereocenters. The molecule has 0 atom stereocenters. The van der Waals surface area contributed by atoms with Crippen LogP contribution in [0.5, 0.6) is 0 Å². The quantitative estimate of drug-likeness (QED) is 0.709. The lowest BCUT2D eigenvalue weighted by atomic mass is 10.00. The molecule has 0 aliphatic carbocycles. The highest BCUT2D eigenvalue weighted by atomic mass is 35.5. The summed E-state index contributed by atoms with van der Waals surface area (Å²) in [6, 6.07) is 15.6. The summed E-state index contributed by atoms with van der Waals surface area (Å²) in [6.07, 6.45) is 0.963. The van der Waals surface area contributed by atoms with E-state index >= 15 is 0 Å². The van der Waals surface area contributed by atoms with Crippen LogP contribution in [-0.2, 0) is 13.0 Å². The van der Waals surface area contributed by atoms with Crippen LogP contribution < -0.4 is 10.2 Å². The van der Waals surface area contributed by atoms with Crippen molar-refractivity contribution in [2.24, 2.45) is 0 Å². The Bertz CT molecular complexity index is 1050. The number of fused-ring (bicyclic) bond motifs is 1. The van der Waals surface area contributed by atoms with E-state index in [9.17, 15) is 4.79 Å². The van der Waals surface area contributed by atoms with E-state index in [0.717, 1.165) is 36.6 Å². The number of halogens is 1. The number of benzene rings is 2. The number of nitrogens with one attached hydrogen (secondary N) is 1. The van der Waals surface area contributed by atoms with Crippen LogP contribution in [0.25, 0.3) is 0 Å². The van der Waals surface area contributed by atoms with Crippen LogP contribution in [0.15, 0.2) is 48.5 Å². The van der Waals surface area contributed by atoms with Gasteiger partial charge in [0.25, 0.3) is 5.91 Å². The highest BCUT2D eigenvalue weighted by Crippen LogP contribution is 2.24. The number of nitrogens with zero attached hydrogens (tertiary/aromatic N) is 3. The zero-order valence-corrected chi connectivity index (χ0v) is 16.6. The molecule has 142 valence electrons. The third-order valence-electron chi connectivity index (χ3n) is 4.95. The number of rotatable bonds is 3. The van der Waals surface area contributed by atoms with Crippen LogP contribution in [0.2, 0.25) is 5.02 Å². The van der Waals surface area contributed by atoms with E-state index < -0.39 is 0 Å². The Kier molecular flexibility index (Phi) is 5.01. The van der Waals surface area contributed by atoms with Crippen LogP contribution in [0.1, 0.15) is 33.0 Å². The van der Waals surface area contributed by atoms with Gasteiger partial charge in [-0.2, -0.15) is 0 Å². The number of amides is 1. The van der Waals surface area contributed by atoms with E-state index in [1.807, 2.05) is 19.9 Å². The summed E-state index contributed by atoms with van der Waals surface area (Å²) >= 11 is 6.00. The molecular weight excluding hydrogens is 372 g/mol. The summed E-state index contributed by atoms with van der Waals surface area (Å²) in [5, 5.41) is 3.56. The normalized spacial score (nSPS) is 13.2. The molecule has 6 heteroatoms. The van der Waals surface area contributed by atoms with Crippen molar-refractivity contribution in [3.63, 3.8) is 0 Å². The highest BCUT2D eigenvalue weighted by molar-refractivity contribution is 6.30. The molecule has 1 aliphatic rings. The molecule has 4 rings (SSSR count). The molecule has 0 radical (unpaired) electrons. The fraction of sp³-hybridized carbons (Fsp3) is 0.227. The Morgan fingerprint density at radius 3 is 2.64 bits per heavy atom. The Morgan fingerprint density at radius 1 is 1.07 bits per heavy atom. The van der Waals surface area contributed by atoms with E-state index in [4.69, 9.17) is 11.6 Å². The Morgan fingerprint density at radius 2 is 1.86 bits per heavy atom. The lowest BCUT2D eigenvalue weighted by molar-refractivity contribution is 0.102. The Balaban J connectivity index is 1.58. The first kappa shape index (κ1) is 18.4. The van der Waals surface area contributed by atoms with Gasteiger partial charge in [-0.1, -0.05) is 35.9 Å². The molecule has 1 N–H and O–H groups in total. The molecule has 1 amide bonds. The smallest absolute Gasteiger partial charge is 0.274 e. The summed E-state index contributed by atoms with van der Waals surface area (Å²) in [5.74, 6) is 1.10.